The zero-order valence-corrected chi connectivity index (χ0v) is 5.50. The molecule has 0 radical (unpaired) electrons. The Bertz CT molecular complexity index is 93.7. The molecular weight excluding hydrogens is 158 g/mol. The lowest BCUT2D eigenvalue weighted by Gasteiger charge is -1.82. The molecule has 0 rings (SSSR count). The zero-order valence-electron chi connectivity index (χ0n) is 3.10. The van der Waals surface area contributed by atoms with Crippen LogP contribution in [-0.4, -0.2) is 10.4 Å². The molecule has 2 nitrogen and oxygen atoms in total. The Morgan fingerprint density at radius 1 is 1.71 bits per heavy atom. The van der Waals surface area contributed by atoms with Crippen molar-refractivity contribution in [3.63, 3.8) is 0 Å². The Balaban J connectivity index is 3.55. The Morgan fingerprint density at radius 2 is 2.14 bits per heavy atom. The maximum Gasteiger partial charge on any atom is 0.251 e. The Labute approximate surface area is 52.0 Å². The van der Waals surface area contributed by atoms with Gasteiger partial charge in [-0.25, -0.2) is 0 Å². The highest BCUT2D eigenvalue weighted by molar-refractivity contribution is 7.31. The summed E-state index contributed by atoms with van der Waals surface area (Å²) >= 11 is 9.74. The maximum absolute atomic E-state index is 9.80. The van der Waals surface area contributed by atoms with Gasteiger partial charge in [-0.1, -0.05) is 11.6 Å². The minimum Gasteiger partial charge on any atom is -0.279 e. The lowest BCUT2D eigenvalue weighted by Crippen LogP contribution is -1.95. The molecule has 0 aromatic heterocycles. The Morgan fingerprint density at radius 3 is 2.14 bits per heavy atom. The van der Waals surface area contributed by atoms with Gasteiger partial charge in [0.25, 0.3) is 5.24 Å². The predicted molar refractivity (Wildman–Crippen MR) is 28.1 cm³/mol. The fraction of sp³-hybridized carbons (Fsp3) is 0.500. The first-order chi connectivity index (χ1) is 3.18. The van der Waals surface area contributed by atoms with Gasteiger partial charge in [-0.2, -0.15) is 0 Å². The molecule has 40 valence electrons. The van der Waals surface area contributed by atoms with Crippen molar-refractivity contribution in [2.24, 2.45) is 0 Å². The van der Waals surface area contributed by atoms with Crippen molar-refractivity contribution in [3.8, 4) is 0 Å². The number of rotatable bonds is 2. The summed E-state index contributed by atoms with van der Waals surface area (Å²) in [5.74, 6) is 0. The van der Waals surface area contributed by atoms with Crippen molar-refractivity contribution in [1.29, 1.82) is 0 Å². The van der Waals surface area contributed by atoms with Crippen molar-refractivity contribution in [2.45, 2.75) is 5.12 Å². The molecule has 0 aromatic rings. The van der Waals surface area contributed by atoms with Crippen LogP contribution in [-0.2, 0) is 9.36 Å². The fourth-order valence-corrected chi connectivity index (χ4v) is 0.244. The largest absolute Gasteiger partial charge is 0.279 e. The zero-order chi connectivity index (χ0) is 5.86. The van der Waals surface area contributed by atoms with Crippen molar-refractivity contribution in [1.82, 2.24) is 0 Å². The van der Waals surface area contributed by atoms with Gasteiger partial charge < -0.3 is 0 Å². The quantitative estimate of drug-likeness (QED) is 0.348. The molecule has 0 aromatic carbocycles. The Kier molecular flexibility index (Phi) is 3.53. The van der Waals surface area contributed by atoms with E-state index in [4.69, 9.17) is 23.2 Å². The van der Waals surface area contributed by atoms with Crippen LogP contribution in [0.3, 0.4) is 0 Å². The molecule has 0 N–H and O–H groups in total. The van der Waals surface area contributed by atoms with Gasteiger partial charge in [0.2, 0.25) is 0 Å². The number of carbonyl (C=O) groups is 1. The highest BCUT2D eigenvalue weighted by Crippen LogP contribution is 2.13. The van der Waals surface area contributed by atoms with Gasteiger partial charge in [0.05, 0.1) is 0 Å². The maximum atomic E-state index is 9.80. The molecule has 0 heterocycles. The fourth-order valence-electron chi connectivity index (χ4n) is 0.0414. The van der Waals surface area contributed by atoms with E-state index in [9.17, 15) is 9.36 Å². The smallest absolute Gasteiger partial charge is 0.251 e. The van der Waals surface area contributed by atoms with Crippen LogP contribution in [0.4, 0.5) is 0 Å². The van der Waals surface area contributed by atoms with Crippen LogP contribution in [0.1, 0.15) is 0 Å². The molecule has 0 spiro atoms. The molecule has 7 heavy (non-hydrogen) atoms. The number of carbonyl (C=O) groups excluding carboxylic acids is 1. The third-order valence-electron chi connectivity index (χ3n) is 0.280. The normalized spacial score (nSPS) is 14.0. The average molecular weight is 159 g/mol. The van der Waals surface area contributed by atoms with E-state index in [0.29, 0.717) is 0 Å². The molecular formula is C2HCl2O2P. The van der Waals surface area contributed by atoms with Crippen LogP contribution in [0.2, 0.25) is 0 Å². The predicted octanol–water partition coefficient (Wildman–Crippen LogP) is 1.61. The van der Waals surface area contributed by atoms with Crippen LogP contribution in [0, 0.1) is 0 Å². The van der Waals surface area contributed by atoms with Crippen LogP contribution in [0.5, 0.6) is 0 Å². The van der Waals surface area contributed by atoms with Gasteiger partial charge in [0.1, 0.15) is 0 Å². The topological polar surface area (TPSA) is 34.1 Å². The molecule has 5 heteroatoms. The monoisotopic (exact) mass is 158 g/mol. The highest BCUT2D eigenvalue weighted by Gasteiger charge is 2.10. The summed E-state index contributed by atoms with van der Waals surface area (Å²) in [5.41, 5.74) is 0. The van der Waals surface area contributed by atoms with Crippen molar-refractivity contribution >= 4 is 36.9 Å². The highest BCUT2D eigenvalue weighted by atomic mass is 35.5. The van der Waals surface area contributed by atoms with E-state index in [1.54, 1.807) is 0 Å². The first-order valence-corrected chi connectivity index (χ1v) is 3.04. The van der Waals surface area contributed by atoms with Gasteiger partial charge in [0, 0.05) is 0 Å². The molecule has 0 saturated heterocycles. The molecule has 0 bridgehead atoms. The van der Waals surface area contributed by atoms with Crippen LogP contribution >= 0.6 is 31.7 Å². The standard InChI is InChI=1S/C2HCl2O2P/c3-1(5)2(4)7-6/h2H. The molecule has 0 aliphatic heterocycles. The van der Waals surface area contributed by atoms with E-state index in [2.05, 4.69) is 0 Å². The molecule has 0 saturated carbocycles. The number of hydrogen-bond donors (Lipinski definition) is 0. The van der Waals surface area contributed by atoms with Crippen LogP contribution < -0.4 is 0 Å². The van der Waals surface area contributed by atoms with E-state index in [0.717, 1.165) is 0 Å². The van der Waals surface area contributed by atoms with Crippen LogP contribution in [0.15, 0.2) is 0 Å². The van der Waals surface area contributed by atoms with Crippen molar-refractivity contribution in [3.05, 3.63) is 0 Å². The minimum atomic E-state index is -1.08. The summed E-state index contributed by atoms with van der Waals surface area (Å²) < 4.78 is 9.61. The van der Waals surface area contributed by atoms with Crippen molar-refractivity contribution in [2.75, 3.05) is 0 Å². The minimum absolute atomic E-state index is 0.444. The molecule has 0 aliphatic rings. The van der Waals surface area contributed by atoms with E-state index >= 15 is 0 Å². The lowest BCUT2D eigenvalue weighted by molar-refractivity contribution is -0.110. The number of hydrogen-bond acceptors (Lipinski definition) is 2. The summed E-state index contributed by atoms with van der Waals surface area (Å²) in [7, 11) is -0.444. The van der Waals surface area contributed by atoms with E-state index in [1.807, 2.05) is 0 Å². The molecule has 0 fully saturated rings. The summed E-state index contributed by atoms with van der Waals surface area (Å²) in [6.07, 6.45) is 0. The lowest BCUT2D eigenvalue weighted by atomic mass is 10.9. The number of halogens is 2. The third-order valence-corrected chi connectivity index (χ3v) is 1.62. The van der Waals surface area contributed by atoms with Crippen LogP contribution in [0.25, 0.3) is 0 Å². The van der Waals surface area contributed by atoms with E-state index < -0.39 is 18.8 Å². The summed E-state index contributed by atoms with van der Waals surface area (Å²) in [6.45, 7) is 0. The number of alkyl halides is 1. The van der Waals surface area contributed by atoms with Crippen molar-refractivity contribution < 1.29 is 9.36 Å². The van der Waals surface area contributed by atoms with Gasteiger partial charge in [-0.3, -0.25) is 9.36 Å². The molecule has 0 amide bonds. The average Bonchev–Trinajstić information content (AvgIpc) is 1.65. The first kappa shape index (κ1) is 7.35. The van der Waals surface area contributed by atoms with E-state index in [-0.39, 0.29) is 0 Å². The molecule has 1 unspecified atom stereocenters. The molecule has 0 aliphatic carbocycles. The summed E-state index contributed by atoms with van der Waals surface area (Å²) in [6, 6.07) is 0. The second-order valence-corrected chi connectivity index (χ2v) is 2.59. The SMILES string of the molecule is O=PC(Cl)C(=O)Cl. The molecule has 1 atom stereocenters. The summed E-state index contributed by atoms with van der Waals surface area (Å²) in [5, 5.41) is -1.88. The van der Waals surface area contributed by atoms with E-state index in [1.165, 1.54) is 0 Å². The first-order valence-electron chi connectivity index (χ1n) is 1.34. The Hall–Kier alpha value is 0.350. The van der Waals surface area contributed by atoms with Gasteiger partial charge in [-0.15, -0.1) is 0 Å². The second kappa shape index (κ2) is 3.36. The second-order valence-electron chi connectivity index (χ2n) is 0.745. The van der Waals surface area contributed by atoms with Gasteiger partial charge in [0.15, 0.2) is 13.6 Å². The summed E-state index contributed by atoms with van der Waals surface area (Å²) in [4.78, 5) is 9.80. The van der Waals surface area contributed by atoms with Gasteiger partial charge >= 0.3 is 0 Å². The van der Waals surface area contributed by atoms with Gasteiger partial charge in [-0.05, 0) is 11.6 Å². The third kappa shape index (κ3) is 2.98.